The summed E-state index contributed by atoms with van der Waals surface area (Å²) in [6.07, 6.45) is -8.35. The van der Waals surface area contributed by atoms with E-state index < -0.39 is 113 Å². The van der Waals surface area contributed by atoms with Crippen LogP contribution in [0.1, 0.15) is 95.4 Å². The van der Waals surface area contributed by atoms with E-state index in [-0.39, 0.29) is 37.4 Å². The van der Waals surface area contributed by atoms with Crippen LogP contribution in [0.4, 0.5) is 4.79 Å². The number of rotatable bonds is 10. The molecule has 4 N–H and O–H groups in total. The van der Waals surface area contributed by atoms with E-state index in [0.29, 0.717) is 5.57 Å². The molecule has 2 saturated carbocycles. The predicted octanol–water partition coefficient (Wildman–Crippen LogP) is 3.01. The van der Waals surface area contributed by atoms with Gasteiger partial charge in [0.15, 0.2) is 24.1 Å². The number of aliphatic hydroxyl groups excluding tert-OH is 2. The summed E-state index contributed by atoms with van der Waals surface area (Å²) >= 11 is 0. The average molecular weight is 766 g/mol. The molecule has 2 saturated heterocycles. The molecule has 13 atom stereocenters. The van der Waals surface area contributed by atoms with E-state index in [1.54, 1.807) is 27.7 Å². The highest BCUT2D eigenvalue weighted by Crippen LogP contribution is 2.69. The van der Waals surface area contributed by atoms with Gasteiger partial charge >= 0.3 is 24.0 Å². The van der Waals surface area contributed by atoms with Crippen LogP contribution in [0.2, 0.25) is 0 Å². The van der Waals surface area contributed by atoms with Crippen molar-refractivity contribution in [2.45, 2.75) is 167 Å². The second kappa shape index (κ2) is 14.5. The number of aliphatic hydroxyl groups is 3. The third-order valence-electron chi connectivity index (χ3n) is 12.1. The number of carbonyl (C=O) groups excluding carboxylic acids is 4. The molecule has 304 valence electrons. The Balaban J connectivity index is 1.65. The third-order valence-corrected chi connectivity index (χ3v) is 12.1. The van der Waals surface area contributed by atoms with E-state index >= 15 is 0 Å². The highest BCUT2D eigenvalue weighted by molar-refractivity contribution is 5.77. The lowest BCUT2D eigenvalue weighted by molar-refractivity contribution is -0.393. The summed E-state index contributed by atoms with van der Waals surface area (Å²) in [5.41, 5.74) is -6.36. The Morgan fingerprint density at radius 1 is 1.06 bits per heavy atom. The molecule has 0 radical (unpaired) electrons. The maximum atomic E-state index is 13.9. The van der Waals surface area contributed by atoms with Crippen molar-refractivity contribution >= 4 is 24.0 Å². The van der Waals surface area contributed by atoms with Crippen molar-refractivity contribution in [1.82, 2.24) is 5.32 Å². The number of carbonyl (C=O) groups is 4. The third kappa shape index (κ3) is 6.97. The molecule has 5 rings (SSSR count). The average Bonchev–Trinajstić information content (AvgIpc) is 3.28. The Hall–Kier alpha value is -3.08. The molecule has 4 fully saturated rings. The van der Waals surface area contributed by atoms with Crippen molar-refractivity contribution in [3.63, 3.8) is 0 Å². The van der Waals surface area contributed by atoms with Gasteiger partial charge in [0, 0.05) is 38.0 Å². The van der Waals surface area contributed by atoms with Gasteiger partial charge in [0.05, 0.1) is 35.9 Å². The summed E-state index contributed by atoms with van der Waals surface area (Å²) in [6.45, 7) is 21.6. The topological polar surface area (TPSA) is 206 Å². The second-order valence-electron chi connectivity index (χ2n) is 17.8. The first-order chi connectivity index (χ1) is 24.8. The normalized spacial score (nSPS) is 38.4. The molecule has 1 amide bonds. The number of hydrogen-bond acceptors (Lipinski definition) is 14. The quantitative estimate of drug-likeness (QED) is 0.143. The standard InChI is InChI=1S/C39H59NO14/c1-13-26-51-24-15-25-39(17-48-25,53-21(6)42)30-31(44)38(36(10,11)47)16-23(19(4)27(38)29(49-20(5)41)32(52-26)37(24,30)12)50-33(45)28(43)22(14-18(2)3)40-34(46)54-35(7,8)9/h13,18,22-26,28-32,43-44,47H,1,14-17H2,2-12H3,(H,40,46)/t22?,23-,24-,25+,26+,28+,29-,30-,31-,32-,37+,38-,39-/m0/s1. The lowest BCUT2D eigenvalue weighted by atomic mass is 9.49. The van der Waals surface area contributed by atoms with Crippen molar-refractivity contribution in [2.24, 2.45) is 22.7 Å². The number of nitrogens with one attached hydrogen (secondary N) is 1. The van der Waals surface area contributed by atoms with Crippen molar-refractivity contribution in [2.75, 3.05) is 6.61 Å². The van der Waals surface area contributed by atoms with E-state index in [1.165, 1.54) is 33.8 Å². The van der Waals surface area contributed by atoms with Gasteiger partial charge in [0.25, 0.3) is 0 Å². The van der Waals surface area contributed by atoms with Gasteiger partial charge in [-0.05, 0) is 71.1 Å². The van der Waals surface area contributed by atoms with Crippen LogP contribution in [0.25, 0.3) is 0 Å². The second-order valence-corrected chi connectivity index (χ2v) is 17.8. The minimum absolute atomic E-state index is 0.0521. The fourth-order valence-electron chi connectivity index (χ4n) is 9.94. The molecule has 3 aliphatic carbocycles. The molecular weight excluding hydrogens is 706 g/mol. The van der Waals surface area contributed by atoms with Crippen molar-refractivity contribution in [1.29, 1.82) is 0 Å². The van der Waals surface area contributed by atoms with Gasteiger partial charge in [-0.15, -0.1) is 0 Å². The Morgan fingerprint density at radius 2 is 1.70 bits per heavy atom. The van der Waals surface area contributed by atoms with E-state index in [9.17, 15) is 34.5 Å². The molecule has 2 heterocycles. The van der Waals surface area contributed by atoms with Crippen LogP contribution in [0.5, 0.6) is 0 Å². The smallest absolute Gasteiger partial charge is 0.407 e. The molecule has 15 nitrogen and oxygen atoms in total. The first-order valence-electron chi connectivity index (χ1n) is 18.8. The summed E-state index contributed by atoms with van der Waals surface area (Å²) in [5.74, 6) is -3.44. The van der Waals surface area contributed by atoms with Gasteiger partial charge in [0.1, 0.15) is 23.9 Å². The van der Waals surface area contributed by atoms with Crippen molar-refractivity contribution in [3.8, 4) is 0 Å². The van der Waals surface area contributed by atoms with Crippen LogP contribution in [-0.4, -0.2) is 118 Å². The van der Waals surface area contributed by atoms with Gasteiger partial charge < -0.3 is 53.8 Å². The summed E-state index contributed by atoms with van der Waals surface area (Å²) < 4.78 is 42.7. The lowest BCUT2D eigenvalue weighted by Gasteiger charge is -2.67. The van der Waals surface area contributed by atoms with E-state index in [0.717, 1.165) is 0 Å². The fourth-order valence-corrected chi connectivity index (χ4v) is 9.94. The first-order valence-corrected chi connectivity index (χ1v) is 18.8. The van der Waals surface area contributed by atoms with Crippen LogP contribution < -0.4 is 5.32 Å². The van der Waals surface area contributed by atoms with Gasteiger partial charge in [-0.2, -0.15) is 0 Å². The summed E-state index contributed by atoms with van der Waals surface area (Å²) in [7, 11) is 0. The number of ether oxygens (including phenoxy) is 7. The fraction of sp³-hybridized carbons (Fsp3) is 0.795. The molecule has 54 heavy (non-hydrogen) atoms. The Kier molecular flexibility index (Phi) is 11.3. The van der Waals surface area contributed by atoms with Gasteiger partial charge in [0.2, 0.25) is 0 Å². The number of amides is 1. The first kappa shape index (κ1) is 42.1. The van der Waals surface area contributed by atoms with Crippen LogP contribution in [0.3, 0.4) is 0 Å². The zero-order valence-corrected chi connectivity index (χ0v) is 33.3. The minimum Gasteiger partial charge on any atom is -0.456 e. The molecule has 2 aliphatic heterocycles. The maximum absolute atomic E-state index is 13.9. The maximum Gasteiger partial charge on any atom is 0.407 e. The van der Waals surface area contributed by atoms with Crippen LogP contribution in [-0.2, 0) is 47.5 Å². The predicted molar refractivity (Wildman–Crippen MR) is 190 cm³/mol. The molecule has 0 spiro atoms. The number of fused-ring (bicyclic) bond motifs is 3. The molecule has 15 heteroatoms. The summed E-state index contributed by atoms with van der Waals surface area (Å²) in [4.78, 5) is 52.5. The Bertz CT molecular complexity index is 1550. The SMILES string of the molecule is C=C[C@@H]1O[C@H]2C[C@H]3OC[C@@]3(OC(C)=O)[C@H]3[C@H](O)[C@]4(C(C)(C)O)C[C@H](OC(=O)[C@H](O)C(CC(C)C)NC(=O)OC(C)(C)C)C(C)=C4[C@H](OC(C)=O)[C@H](O1)[C@]23C. The number of hydrogen-bond donors (Lipinski definition) is 4. The van der Waals surface area contributed by atoms with Crippen molar-refractivity contribution in [3.05, 3.63) is 23.8 Å². The molecule has 0 bridgehead atoms. The molecule has 1 unspecified atom stereocenters. The zero-order valence-electron chi connectivity index (χ0n) is 33.3. The molecule has 0 aromatic carbocycles. The monoisotopic (exact) mass is 765 g/mol. The molecule has 0 aromatic rings. The summed E-state index contributed by atoms with van der Waals surface area (Å²) in [6, 6.07) is -1.08. The minimum atomic E-state index is -1.83. The van der Waals surface area contributed by atoms with Gasteiger partial charge in [-0.3, -0.25) is 9.59 Å². The Labute approximate surface area is 317 Å². The molecule has 0 aromatic heterocycles. The van der Waals surface area contributed by atoms with Crippen LogP contribution in [0.15, 0.2) is 23.8 Å². The van der Waals surface area contributed by atoms with Gasteiger partial charge in [-0.1, -0.05) is 27.4 Å². The number of alkyl carbamates (subject to hydrolysis) is 1. The highest BCUT2D eigenvalue weighted by atomic mass is 16.7. The summed E-state index contributed by atoms with van der Waals surface area (Å²) in [5, 5.41) is 39.5. The molecule has 5 aliphatic rings. The van der Waals surface area contributed by atoms with Crippen LogP contribution in [0, 0.1) is 22.7 Å². The van der Waals surface area contributed by atoms with Crippen LogP contribution >= 0.6 is 0 Å². The molecular formula is C39H59NO14. The van der Waals surface area contributed by atoms with E-state index in [4.69, 9.17) is 33.2 Å². The van der Waals surface area contributed by atoms with Gasteiger partial charge in [-0.25, -0.2) is 9.59 Å². The largest absolute Gasteiger partial charge is 0.456 e. The number of esters is 3. The lowest BCUT2D eigenvalue weighted by Crippen LogP contribution is -2.80. The Morgan fingerprint density at radius 3 is 2.20 bits per heavy atom. The van der Waals surface area contributed by atoms with Crippen molar-refractivity contribution < 1.29 is 67.7 Å². The van der Waals surface area contributed by atoms with E-state index in [2.05, 4.69) is 11.9 Å². The van der Waals surface area contributed by atoms with E-state index in [1.807, 2.05) is 20.8 Å². The highest BCUT2D eigenvalue weighted by Gasteiger charge is 2.80. The zero-order chi connectivity index (χ0) is 40.5.